The van der Waals surface area contributed by atoms with E-state index in [0.717, 1.165) is 24.4 Å². The zero-order valence-electron chi connectivity index (χ0n) is 11.5. The van der Waals surface area contributed by atoms with Crippen LogP contribution < -0.4 is 14.8 Å². The van der Waals surface area contributed by atoms with E-state index in [4.69, 9.17) is 0 Å². The second-order valence-corrected chi connectivity index (χ2v) is 5.78. The van der Waals surface area contributed by atoms with E-state index in [1.807, 2.05) is 0 Å². The quantitative estimate of drug-likeness (QED) is 0.817. The number of ether oxygens (including phenoxy) is 2. The summed E-state index contributed by atoms with van der Waals surface area (Å²) in [6, 6.07) is 5.28. The fraction of sp³-hybridized carbons (Fsp3) is 0.600. The Morgan fingerprint density at radius 3 is 2.75 bits per heavy atom. The first-order valence-electron chi connectivity index (χ1n) is 7.18. The number of rotatable bonds is 2. The molecule has 1 heterocycles. The lowest BCUT2D eigenvalue weighted by molar-refractivity contribution is -0.286. The van der Waals surface area contributed by atoms with Crippen molar-refractivity contribution in [3.8, 4) is 11.5 Å². The maximum Gasteiger partial charge on any atom is 0.586 e. The van der Waals surface area contributed by atoms with Crippen LogP contribution in [0.3, 0.4) is 0 Å². The molecule has 3 rings (SSSR count). The molecule has 1 fully saturated rings. The SMILES string of the molecule is CC1CCCC(Nc2ccc3c(c2)OC(F)(F)O3)CC1. The molecule has 0 spiro atoms. The number of nitrogens with one attached hydrogen (secondary N) is 1. The van der Waals surface area contributed by atoms with Crippen LogP contribution >= 0.6 is 0 Å². The molecule has 1 aromatic carbocycles. The molecule has 0 aromatic heterocycles. The monoisotopic (exact) mass is 283 g/mol. The van der Waals surface area contributed by atoms with E-state index in [9.17, 15) is 8.78 Å². The van der Waals surface area contributed by atoms with Crippen molar-refractivity contribution < 1.29 is 18.3 Å². The highest BCUT2D eigenvalue weighted by Gasteiger charge is 2.43. The minimum absolute atomic E-state index is 0.0926. The largest absolute Gasteiger partial charge is 0.586 e. The summed E-state index contributed by atoms with van der Waals surface area (Å²) in [4.78, 5) is 0. The van der Waals surface area contributed by atoms with E-state index in [2.05, 4.69) is 21.7 Å². The van der Waals surface area contributed by atoms with Crippen molar-refractivity contribution in [2.75, 3.05) is 5.32 Å². The van der Waals surface area contributed by atoms with Crippen LogP contribution in [0.2, 0.25) is 0 Å². The van der Waals surface area contributed by atoms with Crippen molar-refractivity contribution >= 4 is 5.69 Å². The minimum atomic E-state index is -3.54. The van der Waals surface area contributed by atoms with Gasteiger partial charge in [0.05, 0.1) is 0 Å². The van der Waals surface area contributed by atoms with Crippen molar-refractivity contribution in [3.63, 3.8) is 0 Å². The maximum atomic E-state index is 13.0. The van der Waals surface area contributed by atoms with Crippen LogP contribution in [0, 0.1) is 5.92 Å². The van der Waals surface area contributed by atoms with Gasteiger partial charge in [-0.2, -0.15) is 0 Å². The van der Waals surface area contributed by atoms with Crippen LogP contribution in [0.1, 0.15) is 39.0 Å². The Bertz CT molecular complexity index is 493. The lowest BCUT2D eigenvalue weighted by Crippen LogP contribution is -2.25. The first-order valence-corrected chi connectivity index (χ1v) is 7.18. The summed E-state index contributed by atoms with van der Waals surface area (Å²) in [5.41, 5.74) is 0.810. The Balaban J connectivity index is 1.67. The number of anilines is 1. The summed E-state index contributed by atoms with van der Waals surface area (Å²) < 4.78 is 34.8. The normalized spacial score (nSPS) is 27.9. The smallest absolute Gasteiger partial charge is 0.395 e. The van der Waals surface area contributed by atoms with Gasteiger partial charge in [-0.15, -0.1) is 8.78 Å². The van der Waals surface area contributed by atoms with E-state index in [1.54, 1.807) is 12.1 Å². The van der Waals surface area contributed by atoms with Gasteiger partial charge in [-0.3, -0.25) is 0 Å². The number of hydrogen-bond donors (Lipinski definition) is 1. The number of fused-ring (bicyclic) bond motifs is 1. The lowest BCUT2D eigenvalue weighted by atomic mass is 10.0. The predicted octanol–water partition coefficient (Wildman–Crippen LogP) is 4.39. The third-order valence-corrected chi connectivity index (χ3v) is 4.03. The molecule has 0 bridgehead atoms. The molecule has 1 saturated carbocycles. The van der Waals surface area contributed by atoms with Gasteiger partial charge in [0.25, 0.3) is 0 Å². The second kappa shape index (κ2) is 5.11. The zero-order chi connectivity index (χ0) is 14.2. The highest BCUT2D eigenvalue weighted by Crippen LogP contribution is 2.42. The third kappa shape index (κ3) is 2.97. The van der Waals surface area contributed by atoms with Gasteiger partial charge in [-0.05, 0) is 37.3 Å². The molecule has 3 nitrogen and oxygen atoms in total. The van der Waals surface area contributed by atoms with Crippen molar-refractivity contribution in [1.29, 1.82) is 0 Å². The molecule has 2 aliphatic rings. The van der Waals surface area contributed by atoms with Crippen molar-refractivity contribution in [2.24, 2.45) is 5.92 Å². The Kier molecular flexibility index (Phi) is 3.44. The van der Waals surface area contributed by atoms with Crippen LogP contribution in [0.4, 0.5) is 14.5 Å². The first kappa shape index (κ1) is 13.5. The van der Waals surface area contributed by atoms with Crippen LogP contribution in [0.15, 0.2) is 18.2 Å². The van der Waals surface area contributed by atoms with Crippen molar-refractivity contribution in [1.82, 2.24) is 0 Å². The molecule has 1 aliphatic heterocycles. The zero-order valence-corrected chi connectivity index (χ0v) is 11.5. The fourth-order valence-electron chi connectivity index (χ4n) is 2.91. The number of hydrogen-bond acceptors (Lipinski definition) is 3. The molecule has 20 heavy (non-hydrogen) atoms. The van der Waals surface area contributed by atoms with Gasteiger partial charge in [-0.25, -0.2) is 0 Å². The van der Waals surface area contributed by atoms with Crippen molar-refractivity contribution in [3.05, 3.63) is 18.2 Å². The van der Waals surface area contributed by atoms with Gasteiger partial charge in [0, 0.05) is 17.8 Å². The molecular formula is C15H19F2NO2. The van der Waals surface area contributed by atoms with E-state index < -0.39 is 6.29 Å². The predicted molar refractivity (Wildman–Crippen MR) is 72.3 cm³/mol. The highest BCUT2D eigenvalue weighted by molar-refractivity contribution is 5.56. The molecule has 2 unspecified atom stereocenters. The van der Waals surface area contributed by atoms with Gasteiger partial charge in [-0.1, -0.05) is 19.8 Å². The van der Waals surface area contributed by atoms with Crippen LogP contribution in [0.5, 0.6) is 11.5 Å². The standard InChI is InChI=1S/C15H19F2NO2/c1-10-3-2-4-11(6-5-10)18-12-7-8-13-14(9-12)20-15(16,17)19-13/h7-11,18H,2-6H2,1H3. The van der Waals surface area contributed by atoms with Gasteiger partial charge in [0.15, 0.2) is 11.5 Å². The van der Waals surface area contributed by atoms with Gasteiger partial charge in [0.2, 0.25) is 0 Å². The second-order valence-electron chi connectivity index (χ2n) is 5.78. The molecule has 5 heteroatoms. The van der Waals surface area contributed by atoms with Crippen LogP contribution in [-0.4, -0.2) is 12.3 Å². The van der Waals surface area contributed by atoms with Gasteiger partial charge >= 0.3 is 6.29 Å². The summed E-state index contributed by atoms with van der Waals surface area (Å²) >= 11 is 0. The Morgan fingerprint density at radius 2 is 1.90 bits per heavy atom. The molecule has 110 valence electrons. The molecule has 1 N–H and O–H groups in total. The number of benzene rings is 1. The third-order valence-electron chi connectivity index (χ3n) is 4.03. The molecule has 0 amide bonds. The van der Waals surface area contributed by atoms with E-state index in [1.165, 1.54) is 25.3 Å². The fourth-order valence-corrected chi connectivity index (χ4v) is 2.91. The van der Waals surface area contributed by atoms with Gasteiger partial charge in [0.1, 0.15) is 0 Å². The van der Waals surface area contributed by atoms with E-state index in [0.29, 0.717) is 6.04 Å². The summed E-state index contributed by atoms with van der Waals surface area (Å²) in [6.07, 6.45) is 2.38. The summed E-state index contributed by atoms with van der Waals surface area (Å²) in [5, 5.41) is 3.42. The Hall–Kier alpha value is -1.52. The first-order chi connectivity index (χ1) is 9.52. The number of halogens is 2. The Labute approximate surface area is 117 Å². The summed E-state index contributed by atoms with van der Waals surface area (Å²) in [7, 11) is 0. The lowest BCUT2D eigenvalue weighted by Gasteiger charge is -2.18. The Morgan fingerprint density at radius 1 is 1.10 bits per heavy atom. The van der Waals surface area contributed by atoms with Gasteiger partial charge < -0.3 is 14.8 Å². The molecule has 2 atom stereocenters. The maximum absolute atomic E-state index is 13.0. The highest BCUT2D eigenvalue weighted by atomic mass is 19.3. The molecule has 0 radical (unpaired) electrons. The minimum Gasteiger partial charge on any atom is -0.395 e. The van der Waals surface area contributed by atoms with Crippen molar-refractivity contribution in [2.45, 2.75) is 51.4 Å². The topological polar surface area (TPSA) is 30.5 Å². The van der Waals surface area contributed by atoms with E-state index >= 15 is 0 Å². The average molecular weight is 283 g/mol. The molecule has 1 aromatic rings. The summed E-state index contributed by atoms with van der Waals surface area (Å²) in [5.74, 6) is 0.967. The van der Waals surface area contributed by atoms with Crippen LogP contribution in [0.25, 0.3) is 0 Å². The average Bonchev–Trinajstić information content (AvgIpc) is 2.53. The molecular weight excluding hydrogens is 264 g/mol. The molecule has 1 aliphatic carbocycles. The van der Waals surface area contributed by atoms with E-state index in [-0.39, 0.29) is 11.5 Å². The summed E-state index contributed by atoms with van der Waals surface area (Å²) in [6.45, 7) is 2.28. The van der Waals surface area contributed by atoms with Crippen LogP contribution in [-0.2, 0) is 0 Å². The number of alkyl halides is 2. The molecule has 0 saturated heterocycles.